The molecule has 0 spiro atoms. The van der Waals surface area contributed by atoms with Gasteiger partial charge in [0, 0.05) is 5.02 Å². The maximum atomic E-state index is 6.11. The van der Waals surface area contributed by atoms with E-state index in [2.05, 4.69) is 26.5 Å². The number of halogens is 1. The maximum Gasteiger partial charge on any atom is 0.0483 e. The van der Waals surface area contributed by atoms with Gasteiger partial charge >= 0.3 is 0 Å². The fourth-order valence-corrected chi connectivity index (χ4v) is 1.59. The molecule has 0 bridgehead atoms. The molecule has 0 saturated heterocycles. The minimum absolute atomic E-state index is 0.525. The van der Waals surface area contributed by atoms with Gasteiger partial charge in [-0.05, 0) is 35.6 Å². The highest BCUT2D eigenvalue weighted by Gasteiger charge is 2.04. The van der Waals surface area contributed by atoms with E-state index in [9.17, 15) is 0 Å². The molecule has 0 unspecified atom stereocenters. The van der Waals surface area contributed by atoms with Gasteiger partial charge in [0.15, 0.2) is 0 Å². The van der Waals surface area contributed by atoms with Gasteiger partial charge in [0.25, 0.3) is 0 Å². The van der Waals surface area contributed by atoms with Crippen molar-refractivity contribution in [3.8, 4) is 0 Å². The first-order valence-corrected chi connectivity index (χ1v) is 4.85. The molecule has 0 aliphatic rings. The van der Waals surface area contributed by atoms with E-state index < -0.39 is 0 Å². The molecule has 0 atom stereocenters. The molecular weight excluding hydrogens is 180 g/mol. The van der Waals surface area contributed by atoms with Gasteiger partial charge in [-0.3, -0.25) is 0 Å². The first-order chi connectivity index (χ1) is 6.02. The predicted molar refractivity (Wildman–Crippen MR) is 60.2 cm³/mol. The zero-order valence-corrected chi connectivity index (χ0v) is 9.15. The molecule has 0 N–H and O–H groups in total. The molecule has 1 rings (SSSR count). The summed E-state index contributed by atoms with van der Waals surface area (Å²) in [5, 5.41) is 0.804. The van der Waals surface area contributed by atoms with Crippen LogP contribution in [-0.4, -0.2) is 0 Å². The molecule has 0 aliphatic heterocycles. The average Bonchev–Trinajstić information content (AvgIpc) is 2.03. The maximum absolute atomic E-state index is 6.11. The van der Waals surface area contributed by atoms with Crippen molar-refractivity contribution in [3.63, 3.8) is 0 Å². The van der Waals surface area contributed by atoms with Crippen molar-refractivity contribution in [2.75, 3.05) is 0 Å². The quantitative estimate of drug-likeness (QED) is 0.651. The Hall–Kier alpha value is -0.750. The second kappa shape index (κ2) is 3.97. The minimum atomic E-state index is 0.525. The molecule has 0 amide bonds. The van der Waals surface area contributed by atoms with E-state index in [1.165, 1.54) is 5.56 Å². The molecule has 0 aromatic heterocycles. The van der Waals surface area contributed by atoms with Crippen LogP contribution in [0.1, 0.15) is 37.8 Å². The first-order valence-electron chi connectivity index (χ1n) is 4.47. The molecular formula is C12H15Cl. The van der Waals surface area contributed by atoms with Crippen molar-refractivity contribution in [3.05, 3.63) is 40.9 Å². The lowest BCUT2D eigenvalue weighted by Gasteiger charge is -2.09. The van der Waals surface area contributed by atoms with E-state index in [1.807, 2.05) is 19.1 Å². The number of benzene rings is 1. The van der Waals surface area contributed by atoms with Crippen LogP contribution in [0.3, 0.4) is 0 Å². The standard InChI is InChI=1S/C12H15Cl/c1-8(2)10-5-6-11(9(3)4)12(13)7-10/h5-8H,3H2,1-2,4H3. The lowest BCUT2D eigenvalue weighted by atomic mass is 10.00. The third-order valence-corrected chi connectivity index (χ3v) is 2.43. The van der Waals surface area contributed by atoms with E-state index in [0.29, 0.717) is 5.92 Å². The third kappa shape index (κ3) is 2.35. The molecule has 13 heavy (non-hydrogen) atoms. The molecule has 0 aliphatic carbocycles. The number of hydrogen-bond acceptors (Lipinski definition) is 0. The van der Waals surface area contributed by atoms with E-state index in [-0.39, 0.29) is 0 Å². The Balaban J connectivity index is 3.13. The van der Waals surface area contributed by atoms with Crippen LogP contribution in [0.25, 0.3) is 5.57 Å². The Morgan fingerprint density at radius 2 is 2.00 bits per heavy atom. The van der Waals surface area contributed by atoms with Gasteiger partial charge < -0.3 is 0 Å². The Morgan fingerprint density at radius 3 is 2.38 bits per heavy atom. The summed E-state index contributed by atoms with van der Waals surface area (Å²) in [6, 6.07) is 6.18. The molecule has 1 aromatic rings. The van der Waals surface area contributed by atoms with Crippen LogP contribution in [0.2, 0.25) is 5.02 Å². The van der Waals surface area contributed by atoms with Gasteiger partial charge in [0.1, 0.15) is 0 Å². The van der Waals surface area contributed by atoms with Crippen molar-refractivity contribution < 1.29 is 0 Å². The van der Waals surface area contributed by atoms with Crippen molar-refractivity contribution in [1.29, 1.82) is 0 Å². The molecule has 1 aromatic carbocycles. The summed E-state index contributed by atoms with van der Waals surface area (Å²) in [7, 11) is 0. The largest absolute Gasteiger partial charge is 0.0955 e. The number of rotatable bonds is 2. The highest BCUT2D eigenvalue weighted by atomic mass is 35.5. The van der Waals surface area contributed by atoms with Crippen LogP contribution in [0.4, 0.5) is 0 Å². The summed E-state index contributed by atoms with van der Waals surface area (Å²) in [5.41, 5.74) is 3.33. The van der Waals surface area contributed by atoms with E-state index in [4.69, 9.17) is 11.6 Å². The zero-order chi connectivity index (χ0) is 10.0. The van der Waals surface area contributed by atoms with Gasteiger partial charge in [-0.25, -0.2) is 0 Å². The number of hydrogen-bond donors (Lipinski definition) is 0. The summed E-state index contributed by atoms with van der Waals surface area (Å²) in [5.74, 6) is 0.525. The van der Waals surface area contributed by atoms with Crippen molar-refractivity contribution >= 4 is 17.2 Å². The average molecular weight is 195 g/mol. The van der Waals surface area contributed by atoms with Gasteiger partial charge in [-0.2, -0.15) is 0 Å². The Bertz CT molecular complexity index is 324. The molecule has 0 radical (unpaired) electrons. The van der Waals surface area contributed by atoms with Crippen LogP contribution in [-0.2, 0) is 0 Å². The van der Waals surface area contributed by atoms with Crippen molar-refractivity contribution in [1.82, 2.24) is 0 Å². The van der Waals surface area contributed by atoms with Gasteiger partial charge in [0.2, 0.25) is 0 Å². The topological polar surface area (TPSA) is 0 Å². The van der Waals surface area contributed by atoms with Crippen LogP contribution in [0.15, 0.2) is 24.8 Å². The lowest BCUT2D eigenvalue weighted by molar-refractivity contribution is 0.866. The Morgan fingerprint density at radius 1 is 1.38 bits per heavy atom. The smallest absolute Gasteiger partial charge is 0.0483 e. The molecule has 0 fully saturated rings. The van der Waals surface area contributed by atoms with Crippen LogP contribution in [0.5, 0.6) is 0 Å². The van der Waals surface area contributed by atoms with Gasteiger partial charge in [-0.1, -0.05) is 44.2 Å². The second-order valence-corrected chi connectivity index (χ2v) is 4.08. The van der Waals surface area contributed by atoms with Crippen LogP contribution < -0.4 is 0 Å². The molecule has 1 heteroatoms. The molecule has 0 nitrogen and oxygen atoms in total. The SMILES string of the molecule is C=C(C)c1ccc(C(C)C)cc1Cl. The second-order valence-electron chi connectivity index (χ2n) is 3.67. The third-order valence-electron chi connectivity index (χ3n) is 2.12. The zero-order valence-electron chi connectivity index (χ0n) is 8.39. The van der Waals surface area contributed by atoms with E-state index in [1.54, 1.807) is 0 Å². The summed E-state index contributed by atoms with van der Waals surface area (Å²) >= 11 is 6.11. The van der Waals surface area contributed by atoms with Crippen LogP contribution in [0, 0.1) is 0 Å². The van der Waals surface area contributed by atoms with Gasteiger partial charge in [-0.15, -0.1) is 0 Å². The van der Waals surface area contributed by atoms with Gasteiger partial charge in [0.05, 0.1) is 0 Å². The monoisotopic (exact) mass is 194 g/mol. The molecule has 70 valence electrons. The summed E-state index contributed by atoms with van der Waals surface area (Å²) in [6.07, 6.45) is 0. The first kappa shape index (κ1) is 10.3. The van der Waals surface area contributed by atoms with Crippen LogP contribution >= 0.6 is 11.6 Å². The van der Waals surface area contributed by atoms with E-state index in [0.717, 1.165) is 16.2 Å². The van der Waals surface area contributed by atoms with Crippen molar-refractivity contribution in [2.24, 2.45) is 0 Å². The Labute approximate surface area is 85.2 Å². The fourth-order valence-electron chi connectivity index (χ4n) is 1.24. The highest BCUT2D eigenvalue weighted by Crippen LogP contribution is 2.26. The summed E-state index contributed by atoms with van der Waals surface area (Å²) < 4.78 is 0. The van der Waals surface area contributed by atoms with Crippen molar-refractivity contribution in [2.45, 2.75) is 26.7 Å². The molecule has 0 heterocycles. The number of allylic oxidation sites excluding steroid dienone is 1. The molecule has 0 saturated carbocycles. The van der Waals surface area contributed by atoms with E-state index >= 15 is 0 Å². The summed E-state index contributed by atoms with van der Waals surface area (Å²) in [6.45, 7) is 10.2. The highest BCUT2D eigenvalue weighted by molar-refractivity contribution is 6.32. The minimum Gasteiger partial charge on any atom is -0.0955 e. The fraction of sp³-hybridized carbons (Fsp3) is 0.333. The normalized spacial score (nSPS) is 10.5. The summed E-state index contributed by atoms with van der Waals surface area (Å²) in [4.78, 5) is 0. The lowest BCUT2D eigenvalue weighted by Crippen LogP contribution is -1.89. The predicted octanol–water partition coefficient (Wildman–Crippen LogP) is 4.50. The Kier molecular flexibility index (Phi) is 3.16.